The molecule has 0 bridgehead atoms. The summed E-state index contributed by atoms with van der Waals surface area (Å²) >= 11 is 5.91. The number of amides is 1. The van der Waals surface area contributed by atoms with Crippen LogP contribution in [0.2, 0.25) is 5.02 Å². The largest absolute Gasteiger partial charge is 0.339 e. The van der Waals surface area contributed by atoms with E-state index in [0.29, 0.717) is 5.56 Å². The van der Waals surface area contributed by atoms with Crippen LogP contribution in [0.1, 0.15) is 28.5 Å². The lowest BCUT2D eigenvalue weighted by molar-refractivity contribution is 0.0743. The van der Waals surface area contributed by atoms with Crippen molar-refractivity contribution in [1.82, 2.24) is 14.8 Å². The Morgan fingerprint density at radius 1 is 1.12 bits per heavy atom. The minimum Gasteiger partial charge on any atom is -0.339 e. The van der Waals surface area contributed by atoms with Gasteiger partial charge in [-0.25, -0.2) is 0 Å². The van der Waals surface area contributed by atoms with Gasteiger partial charge in [-0.1, -0.05) is 23.7 Å². The number of nitrogens with zero attached hydrogens (tertiary/aromatic N) is 3. The third kappa shape index (κ3) is 5.05. The molecule has 0 aliphatic rings. The average molecular weight is 346 g/mol. The number of benzene rings is 1. The van der Waals surface area contributed by atoms with Crippen LogP contribution in [-0.2, 0) is 13.0 Å². The van der Waals surface area contributed by atoms with Crippen LogP contribution in [0.25, 0.3) is 0 Å². The first-order valence-electron chi connectivity index (χ1n) is 7.98. The molecule has 1 aromatic heterocycles. The van der Waals surface area contributed by atoms with Crippen LogP contribution in [-0.4, -0.2) is 47.9 Å². The number of pyridine rings is 1. The van der Waals surface area contributed by atoms with Crippen molar-refractivity contribution >= 4 is 17.5 Å². The van der Waals surface area contributed by atoms with Gasteiger partial charge in [-0.2, -0.15) is 0 Å². The fourth-order valence-corrected chi connectivity index (χ4v) is 2.60. The summed E-state index contributed by atoms with van der Waals surface area (Å²) in [4.78, 5) is 20.8. The zero-order valence-corrected chi connectivity index (χ0v) is 15.4. The van der Waals surface area contributed by atoms with Crippen molar-refractivity contribution in [3.63, 3.8) is 0 Å². The van der Waals surface area contributed by atoms with Crippen molar-refractivity contribution < 1.29 is 4.79 Å². The first-order valence-corrected chi connectivity index (χ1v) is 8.36. The highest BCUT2D eigenvalue weighted by Gasteiger charge is 2.18. The molecular formula is C19H24ClN3O. The minimum atomic E-state index is -0.0135. The zero-order chi connectivity index (χ0) is 17.7. The summed E-state index contributed by atoms with van der Waals surface area (Å²) < 4.78 is 0. The van der Waals surface area contributed by atoms with Crippen LogP contribution in [0.3, 0.4) is 0 Å². The van der Waals surface area contributed by atoms with Crippen LogP contribution in [0, 0.1) is 0 Å². The van der Waals surface area contributed by atoms with Gasteiger partial charge in [-0.05, 0) is 57.3 Å². The Balaban J connectivity index is 2.01. The molecule has 1 atom stereocenters. The van der Waals surface area contributed by atoms with Crippen LogP contribution in [0.4, 0.5) is 0 Å². The van der Waals surface area contributed by atoms with Gasteiger partial charge in [0.05, 0.1) is 11.3 Å². The van der Waals surface area contributed by atoms with Gasteiger partial charge >= 0.3 is 0 Å². The molecule has 0 aliphatic carbocycles. The van der Waals surface area contributed by atoms with Gasteiger partial charge in [0.15, 0.2) is 0 Å². The van der Waals surface area contributed by atoms with E-state index in [9.17, 15) is 4.79 Å². The van der Waals surface area contributed by atoms with Crippen molar-refractivity contribution in [3.8, 4) is 0 Å². The number of hydrogen-bond donors (Lipinski definition) is 0. The lowest BCUT2D eigenvalue weighted by Crippen LogP contribution is -2.36. The zero-order valence-electron chi connectivity index (χ0n) is 14.7. The molecule has 0 N–H and O–H groups in total. The first-order chi connectivity index (χ1) is 11.4. The summed E-state index contributed by atoms with van der Waals surface area (Å²) in [5.74, 6) is -0.0135. The Morgan fingerprint density at radius 3 is 2.33 bits per heavy atom. The van der Waals surface area contributed by atoms with Gasteiger partial charge in [0.1, 0.15) is 0 Å². The summed E-state index contributed by atoms with van der Waals surface area (Å²) in [6, 6.07) is 11.6. The van der Waals surface area contributed by atoms with E-state index in [-0.39, 0.29) is 11.9 Å². The molecule has 0 spiro atoms. The second-order valence-electron chi connectivity index (χ2n) is 6.37. The van der Waals surface area contributed by atoms with Crippen molar-refractivity contribution in [3.05, 3.63) is 64.4 Å². The maximum absolute atomic E-state index is 12.6. The van der Waals surface area contributed by atoms with Crippen LogP contribution in [0.15, 0.2) is 42.6 Å². The lowest BCUT2D eigenvalue weighted by atomic mass is 10.1. The molecule has 0 aliphatic heterocycles. The number of carbonyl (C=O) groups is 1. The second kappa shape index (κ2) is 8.27. The van der Waals surface area contributed by atoms with E-state index in [2.05, 4.69) is 4.98 Å². The predicted molar refractivity (Wildman–Crippen MR) is 98.3 cm³/mol. The van der Waals surface area contributed by atoms with Crippen LogP contribution in [0.5, 0.6) is 0 Å². The number of halogens is 1. The van der Waals surface area contributed by atoms with E-state index in [4.69, 9.17) is 11.6 Å². The third-order valence-electron chi connectivity index (χ3n) is 3.98. The molecule has 1 amide bonds. The monoisotopic (exact) mass is 345 g/mol. The topological polar surface area (TPSA) is 36.4 Å². The summed E-state index contributed by atoms with van der Waals surface area (Å²) in [6.07, 6.45) is 2.44. The lowest BCUT2D eigenvalue weighted by Gasteiger charge is -2.25. The molecule has 0 saturated heterocycles. The highest BCUT2D eigenvalue weighted by Crippen LogP contribution is 2.14. The highest BCUT2D eigenvalue weighted by molar-refractivity contribution is 6.30. The number of rotatable bonds is 6. The van der Waals surface area contributed by atoms with Gasteiger partial charge in [-0.15, -0.1) is 0 Å². The Kier molecular flexibility index (Phi) is 6.35. The summed E-state index contributed by atoms with van der Waals surface area (Å²) in [6.45, 7) is 2.80. The van der Waals surface area contributed by atoms with Crippen molar-refractivity contribution in [2.75, 3.05) is 21.1 Å². The fraction of sp³-hybridized carbons (Fsp3) is 0.368. The molecule has 128 valence electrons. The minimum absolute atomic E-state index is 0.0135. The van der Waals surface area contributed by atoms with E-state index in [0.717, 1.165) is 29.2 Å². The van der Waals surface area contributed by atoms with Gasteiger partial charge in [-0.3, -0.25) is 9.78 Å². The fourth-order valence-electron chi connectivity index (χ4n) is 2.47. The average Bonchev–Trinajstić information content (AvgIpc) is 2.55. The maximum atomic E-state index is 12.6. The van der Waals surface area contributed by atoms with Gasteiger partial charge in [0, 0.05) is 30.9 Å². The molecule has 2 aromatic rings. The molecule has 0 radical (unpaired) electrons. The van der Waals surface area contributed by atoms with Crippen molar-refractivity contribution in [2.45, 2.75) is 25.9 Å². The Bertz CT molecular complexity index is 668. The summed E-state index contributed by atoms with van der Waals surface area (Å²) in [7, 11) is 5.82. The molecule has 1 unspecified atom stereocenters. The second-order valence-corrected chi connectivity index (χ2v) is 6.81. The summed E-state index contributed by atoms with van der Waals surface area (Å²) in [5, 5.41) is 0.722. The quantitative estimate of drug-likeness (QED) is 0.804. The third-order valence-corrected chi connectivity index (χ3v) is 4.23. The normalized spacial score (nSPS) is 12.2. The molecule has 4 nitrogen and oxygen atoms in total. The molecule has 1 aromatic carbocycles. The number of carbonyl (C=O) groups excluding carboxylic acids is 1. The van der Waals surface area contributed by atoms with E-state index >= 15 is 0 Å². The molecule has 5 heteroatoms. The smallest absolute Gasteiger partial charge is 0.255 e. The maximum Gasteiger partial charge on any atom is 0.255 e. The highest BCUT2D eigenvalue weighted by atomic mass is 35.5. The van der Waals surface area contributed by atoms with Gasteiger partial charge in [0.2, 0.25) is 0 Å². The number of likely N-dealkylation sites (N-methyl/N-ethyl adjacent to an activating group) is 1. The van der Waals surface area contributed by atoms with Crippen LogP contribution >= 0.6 is 11.6 Å². The first kappa shape index (κ1) is 18.4. The molecule has 24 heavy (non-hydrogen) atoms. The van der Waals surface area contributed by atoms with E-state index in [1.807, 2.05) is 69.4 Å². The van der Waals surface area contributed by atoms with Crippen molar-refractivity contribution in [2.24, 2.45) is 0 Å². The van der Waals surface area contributed by atoms with Gasteiger partial charge in [0.25, 0.3) is 5.91 Å². The Hall–Kier alpha value is -1.91. The van der Waals surface area contributed by atoms with E-state index < -0.39 is 0 Å². The molecular weight excluding hydrogens is 322 g/mol. The van der Waals surface area contributed by atoms with Crippen molar-refractivity contribution in [1.29, 1.82) is 0 Å². The molecule has 2 rings (SSSR count). The molecule has 0 fully saturated rings. The van der Waals surface area contributed by atoms with E-state index in [1.165, 1.54) is 0 Å². The van der Waals surface area contributed by atoms with Crippen LogP contribution < -0.4 is 0 Å². The van der Waals surface area contributed by atoms with Gasteiger partial charge < -0.3 is 9.80 Å². The Morgan fingerprint density at radius 2 is 1.79 bits per heavy atom. The predicted octanol–water partition coefficient (Wildman–Crippen LogP) is 3.50. The molecule has 0 saturated carbocycles. The van der Waals surface area contributed by atoms with E-state index in [1.54, 1.807) is 11.1 Å². The number of hydrogen-bond acceptors (Lipinski definition) is 3. The standard InChI is InChI=1S/C19H24ClN3O/c1-14(11-15-5-8-17(20)9-6-15)23(4)19(24)16-7-10-18(21-12-16)13-22(2)3/h5-10,12,14H,11,13H2,1-4H3. The summed E-state index contributed by atoms with van der Waals surface area (Å²) in [5.41, 5.74) is 2.72. The SMILES string of the molecule is CC(Cc1ccc(Cl)cc1)N(C)C(=O)c1ccc(CN(C)C)nc1. The number of aromatic nitrogens is 1. The Labute approximate surface area is 149 Å². The molecule has 1 heterocycles.